The molecule has 0 unspecified atom stereocenters. The number of benzene rings is 1. The lowest BCUT2D eigenvalue weighted by Gasteiger charge is -2.06. The predicted octanol–water partition coefficient (Wildman–Crippen LogP) is 7.50. The first-order chi connectivity index (χ1) is 11.8. The molecule has 0 N–H and O–H groups in total. The van der Waals surface area contributed by atoms with Crippen LogP contribution in [-0.2, 0) is 0 Å². The fourth-order valence-corrected chi connectivity index (χ4v) is 2.10. The number of aromatic nitrogens is 2. The second kappa shape index (κ2) is 14.6. The summed E-state index contributed by atoms with van der Waals surface area (Å²) in [5.74, 6) is 0. The number of fused-ring (bicyclic) bond motifs is 3. The first kappa shape index (κ1) is 24.3. The van der Waals surface area contributed by atoms with E-state index < -0.39 is 0 Å². The third kappa shape index (κ3) is 5.92. The van der Waals surface area contributed by atoms with Gasteiger partial charge in [-0.3, -0.25) is 9.97 Å². The summed E-state index contributed by atoms with van der Waals surface area (Å²) >= 11 is 0. The Morgan fingerprint density at radius 3 is 1.08 bits per heavy atom. The molecule has 0 saturated heterocycles. The van der Waals surface area contributed by atoms with Crippen molar-refractivity contribution >= 4 is 21.8 Å². The van der Waals surface area contributed by atoms with Crippen LogP contribution in [-0.4, -0.2) is 9.97 Å². The quantitative estimate of drug-likeness (QED) is 0.399. The van der Waals surface area contributed by atoms with Crippen LogP contribution >= 0.6 is 0 Å². The van der Waals surface area contributed by atoms with Gasteiger partial charge < -0.3 is 0 Å². The molecule has 0 saturated carbocycles. The molecule has 2 heteroatoms. The molecule has 0 fully saturated rings. The SMILES string of the molecule is CC.CC.CC.CC.Cc1ccnc2c1ccc1c(C)ccnc12. The number of pyridine rings is 2. The van der Waals surface area contributed by atoms with Crippen LogP contribution < -0.4 is 0 Å². The normalized spacial score (nSPS) is 8.42. The van der Waals surface area contributed by atoms with Crippen LogP contribution in [0.5, 0.6) is 0 Å². The van der Waals surface area contributed by atoms with Crippen LogP contribution in [0.1, 0.15) is 66.5 Å². The Morgan fingerprint density at radius 1 is 0.500 bits per heavy atom. The molecular weight excluding hydrogens is 292 g/mol. The maximum atomic E-state index is 4.45. The van der Waals surface area contributed by atoms with E-state index in [0.29, 0.717) is 0 Å². The van der Waals surface area contributed by atoms with Crippen LogP contribution in [0.2, 0.25) is 0 Å². The summed E-state index contributed by atoms with van der Waals surface area (Å²) < 4.78 is 0. The van der Waals surface area contributed by atoms with Crippen LogP contribution in [0, 0.1) is 13.8 Å². The van der Waals surface area contributed by atoms with E-state index in [1.165, 1.54) is 21.9 Å². The van der Waals surface area contributed by atoms with E-state index in [0.717, 1.165) is 11.0 Å². The second-order valence-electron chi connectivity index (χ2n) is 4.11. The van der Waals surface area contributed by atoms with Crippen molar-refractivity contribution < 1.29 is 0 Å². The van der Waals surface area contributed by atoms with Gasteiger partial charge in [0.1, 0.15) is 0 Å². The summed E-state index contributed by atoms with van der Waals surface area (Å²) in [6.07, 6.45) is 3.70. The summed E-state index contributed by atoms with van der Waals surface area (Å²) in [5, 5.41) is 2.38. The Kier molecular flexibility index (Phi) is 14.8. The third-order valence-electron chi connectivity index (χ3n) is 3.06. The van der Waals surface area contributed by atoms with Crippen molar-refractivity contribution in [2.24, 2.45) is 0 Å². The van der Waals surface area contributed by atoms with Gasteiger partial charge in [0, 0.05) is 23.2 Å². The number of nitrogens with zero attached hydrogens (tertiary/aromatic N) is 2. The van der Waals surface area contributed by atoms with Crippen LogP contribution in [0.4, 0.5) is 0 Å². The molecule has 3 rings (SSSR count). The minimum Gasteiger partial charge on any atom is -0.254 e. The van der Waals surface area contributed by atoms with Crippen molar-refractivity contribution in [1.82, 2.24) is 9.97 Å². The van der Waals surface area contributed by atoms with Gasteiger partial charge in [0.25, 0.3) is 0 Å². The van der Waals surface area contributed by atoms with Gasteiger partial charge in [-0.15, -0.1) is 0 Å². The Hall–Kier alpha value is -1.96. The summed E-state index contributed by atoms with van der Waals surface area (Å²) in [4.78, 5) is 8.90. The minimum atomic E-state index is 1.00. The van der Waals surface area contributed by atoms with Gasteiger partial charge in [-0.1, -0.05) is 67.5 Å². The molecule has 0 aliphatic heterocycles. The summed E-state index contributed by atoms with van der Waals surface area (Å²) in [6.45, 7) is 20.2. The fraction of sp³-hybridized carbons (Fsp3) is 0.455. The standard InChI is InChI=1S/C14H12N2.4C2H6/c1-9-5-7-15-13-11(9)3-4-12-10(2)6-8-16-14(12)13;4*1-2/h3-8H,1-2H3;4*1-2H3. The van der Waals surface area contributed by atoms with E-state index in [-0.39, 0.29) is 0 Å². The van der Waals surface area contributed by atoms with Crippen LogP contribution in [0.3, 0.4) is 0 Å². The molecule has 134 valence electrons. The van der Waals surface area contributed by atoms with Crippen molar-refractivity contribution in [2.75, 3.05) is 0 Å². The number of hydrogen-bond donors (Lipinski definition) is 0. The van der Waals surface area contributed by atoms with Gasteiger partial charge in [0.2, 0.25) is 0 Å². The lowest BCUT2D eigenvalue weighted by molar-refractivity contribution is 1.33. The fourth-order valence-electron chi connectivity index (χ4n) is 2.10. The Morgan fingerprint density at radius 2 is 0.792 bits per heavy atom. The summed E-state index contributed by atoms with van der Waals surface area (Å²) in [6, 6.07) is 8.33. The molecule has 2 heterocycles. The monoisotopic (exact) mass is 328 g/mol. The maximum Gasteiger partial charge on any atom is 0.0967 e. The molecule has 0 radical (unpaired) electrons. The molecule has 0 atom stereocenters. The molecular formula is C22H36N2. The lowest BCUT2D eigenvalue weighted by Crippen LogP contribution is -1.88. The topological polar surface area (TPSA) is 25.8 Å². The molecule has 0 spiro atoms. The maximum absolute atomic E-state index is 4.45. The first-order valence-corrected chi connectivity index (χ1v) is 9.37. The largest absolute Gasteiger partial charge is 0.254 e. The van der Waals surface area contributed by atoms with Crippen LogP contribution in [0.15, 0.2) is 36.7 Å². The summed E-state index contributed by atoms with van der Waals surface area (Å²) in [7, 11) is 0. The summed E-state index contributed by atoms with van der Waals surface area (Å²) in [5.41, 5.74) is 4.49. The van der Waals surface area contributed by atoms with Crippen molar-refractivity contribution in [1.29, 1.82) is 0 Å². The van der Waals surface area contributed by atoms with Crippen molar-refractivity contribution in [3.8, 4) is 0 Å². The average Bonchev–Trinajstić information content (AvgIpc) is 2.69. The van der Waals surface area contributed by atoms with E-state index in [1.54, 1.807) is 0 Å². The molecule has 0 amide bonds. The van der Waals surface area contributed by atoms with E-state index in [2.05, 4.69) is 35.9 Å². The van der Waals surface area contributed by atoms with E-state index >= 15 is 0 Å². The zero-order chi connectivity index (χ0) is 19.1. The lowest BCUT2D eigenvalue weighted by atomic mass is 10.0. The second-order valence-corrected chi connectivity index (χ2v) is 4.11. The Labute approximate surface area is 149 Å². The number of hydrogen-bond acceptors (Lipinski definition) is 2. The molecule has 0 aliphatic carbocycles. The van der Waals surface area contributed by atoms with E-state index in [9.17, 15) is 0 Å². The average molecular weight is 329 g/mol. The van der Waals surface area contributed by atoms with E-state index in [1.807, 2.05) is 79.9 Å². The molecule has 1 aromatic carbocycles. The van der Waals surface area contributed by atoms with Gasteiger partial charge in [-0.25, -0.2) is 0 Å². The van der Waals surface area contributed by atoms with Gasteiger partial charge in [-0.05, 0) is 37.1 Å². The highest BCUT2D eigenvalue weighted by Gasteiger charge is 2.05. The minimum absolute atomic E-state index is 1.00. The highest BCUT2D eigenvalue weighted by atomic mass is 14.7. The number of rotatable bonds is 0. The van der Waals surface area contributed by atoms with E-state index in [4.69, 9.17) is 0 Å². The molecule has 0 bridgehead atoms. The van der Waals surface area contributed by atoms with Gasteiger partial charge in [-0.2, -0.15) is 0 Å². The highest BCUT2D eigenvalue weighted by Crippen LogP contribution is 2.25. The van der Waals surface area contributed by atoms with Gasteiger partial charge in [0.15, 0.2) is 0 Å². The predicted molar refractivity (Wildman–Crippen MR) is 112 cm³/mol. The Bertz CT molecular complexity index is 627. The van der Waals surface area contributed by atoms with Crippen LogP contribution in [0.25, 0.3) is 21.8 Å². The van der Waals surface area contributed by atoms with Gasteiger partial charge in [0.05, 0.1) is 11.0 Å². The first-order valence-electron chi connectivity index (χ1n) is 9.37. The van der Waals surface area contributed by atoms with Crippen molar-refractivity contribution in [2.45, 2.75) is 69.2 Å². The molecule has 2 aromatic heterocycles. The number of aryl methyl sites for hydroxylation is 2. The molecule has 2 nitrogen and oxygen atoms in total. The molecule has 3 aromatic rings. The highest BCUT2D eigenvalue weighted by molar-refractivity contribution is 6.04. The smallest absolute Gasteiger partial charge is 0.0967 e. The molecule has 24 heavy (non-hydrogen) atoms. The zero-order valence-electron chi connectivity index (χ0n) is 17.4. The van der Waals surface area contributed by atoms with Crippen molar-refractivity contribution in [3.63, 3.8) is 0 Å². The van der Waals surface area contributed by atoms with Gasteiger partial charge >= 0.3 is 0 Å². The molecule has 0 aliphatic rings. The Balaban J connectivity index is 0. The zero-order valence-corrected chi connectivity index (χ0v) is 17.4. The third-order valence-corrected chi connectivity index (χ3v) is 3.06. The van der Waals surface area contributed by atoms with Crippen molar-refractivity contribution in [3.05, 3.63) is 47.8 Å².